The molecular formula is C12H16FN3O2. The zero-order chi connectivity index (χ0) is 13.1. The van der Waals surface area contributed by atoms with E-state index < -0.39 is 11.8 Å². The van der Waals surface area contributed by atoms with E-state index in [2.05, 4.69) is 15.3 Å². The molecule has 98 valence electrons. The maximum Gasteiger partial charge on any atom is 0.306 e. The van der Waals surface area contributed by atoms with Crippen LogP contribution in [0, 0.1) is 11.7 Å². The number of aliphatic carboxylic acids is 1. The van der Waals surface area contributed by atoms with Gasteiger partial charge in [0.1, 0.15) is 6.33 Å². The molecule has 0 aliphatic heterocycles. The number of aromatic nitrogens is 2. The normalized spacial score (nSPS) is 23.0. The van der Waals surface area contributed by atoms with E-state index in [0.29, 0.717) is 25.0 Å². The minimum atomic E-state index is -0.781. The number of halogens is 1. The molecule has 2 N–H and O–H groups in total. The summed E-state index contributed by atoms with van der Waals surface area (Å²) in [6.07, 6.45) is 3.70. The van der Waals surface area contributed by atoms with Crippen LogP contribution in [0.5, 0.6) is 0 Å². The van der Waals surface area contributed by atoms with Crippen molar-refractivity contribution in [3.05, 3.63) is 17.8 Å². The highest BCUT2D eigenvalue weighted by Crippen LogP contribution is 2.28. The van der Waals surface area contributed by atoms with Crippen molar-refractivity contribution in [2.24, 2.45) is 5.92 Å². The van der Waals surface area contributed by atoms with Gasteiger partial charge in [-0.1, -0.05) is 6.92 Å². The van der Waals surface area contributed by atoms with Crippen molar-refractivity contribution in [2.75, 3.05) is 5.32 Å². The molecule has 2 unspecified atom stereocenters. The van der Waals surface area contributed by atoms with Crippen molar-refractivity contribution >= 4 is 11.8 Å². The van der Waals surface area contributed by atoms with Crippen molar-refractivity contribution in [1.29, 1.82) is 0 Å². The predicted octanol–water partition coefficient (Wildman–Crippen LogP) is 1.84. The number of anilines is 1. The second-order valence-electron chi connectivity index (χ2n) is 4.53. The van der Waals surface area contributed by atoms with Crippen molar-refractivity contribution in [3.63, 3.8) is 0 Å². The highest BCUT2D eigenvalue weighted by Gasteiger charge is 2.30. The van der Waals surface area contributed by atoms with Crippen LogP contribution in [0.2, 0.25) is 0 Å². The molecule has 0 spiro atoms. The first-order valence-electron chi connectivity index (χ1n) is 6.10. The van der Waals surface area contributed by atoms with Gasteiger partial charge in [-0.2, -0.15) is 0 Å². The second kappa shape index (κ2) is 5.29. The van der Waals surface area contributed by atoms with Gasteiger partial charge in [-0.15, -0.1) is 0 Å². The Kier molecular flexibility index (Phi) is 3.74. The smallest absolute Gasteiger partial charge is 0.306 e. The van der Waals surface area contributed by atoms with Crippen molar-refractivity contribution in [2.45, 2.75) is 38.6 Å². The first kappa shape index (κ1) is 12.7. The summed E-state index contributed by atoms with van der Waals surface area (Å²) in [5, 5.41) is 11.9. The summed E-state index contributed by atoms with van der Waals surface area (Å²) >= 11 is 0. The number of nitrogens with zero attached hydrogens (tertiary/aromatic N) is 2. The molecule has 0 bridgehead atoms. The van der Waals surface area contributed by atoms with E-state index >= 15 is 0 Å². The number of hydrogen-bond donors (Lipinski definition) is 2. The third-order valence-corrected chi connectivity index (χ3v) is 3.32. The van der Waals surface area contributed by atoms with Gasteiger partial charge in [-0.3, -0.25) is 4.79 Å². The van der Waals surface area contributed by atoms with Crippen LogP contribution < -0.4 is 5.32 Å². The molecule has 1 aromatic heterocycles. The molecule has 2 atom stereocenters. The lowest BCUT2D eigenvalue weighted by atomic mass is 10.1. The molecule has 1 aromatic rings. The minimum absolute atomic E-state index is 0.0276. The van der Waals surface area contributed by atoms with Gasteiger partial charge >= 0.3 is 5.97 Å². The van der Waals surface area contributed by atoms with Gasteiger partial charge in [0.25, 0.3) is 0 Å². The van der Waals surface area contributed by atoms with Crippen molar-refractivity contribution in [1.82, 2.24) is 9.97 Å². The first-order chi connectivity index (χ1) is 8.61. The van der Waals surface area contributed by atoms with E-state index in [9.17, 15) is 9.18 Å². The molecule has 0 saturated heterocycles. The van der Waals surface area contributed by atoms with Gasteiger partial charge in [0.2, 0.25) is 0 Å². The van der Waals surface area contributed by atoms with E-state index in [1.807, 2.05) is 6.92 Å². The van der Waals surface area contributed by atoms with E-state index in [1.54, 1.807) is 0 Å². The van der Waals surface area contributed by atoms with Gasteiger partial charge in [-0.05, 0) is 25.7 Å². The SMILES string of the molecule is CCc1ncnc(NC2CCC(C(=O)O)C2)c1F. The molecule has 1 heterocycles. The number of nitrogens with one attached hydrogen (secondary N) is 1. The molecule has 5 nitrogen and oxygen atoms in total. The molecule has 18 heavy (non-hydrogen) atoms. The number of carbonyl (C=O) groups is 1. The monoisotopic (exact) mass is 253 g/mol. The zero-order valence-corrected chi connectivity index (χ0v) is 10.2. The van der Waals surface area contributed by atoms with Gasteiger partial charge in [0.15, 0.2) is 11.6 Å². The number of aryl methyl sites for hydroxylation is 1. The second-order valence-corrected chi connectivity index (χ2v) is 4.53. The number of carboxylic acid groups (broad SMARTS) is 1. The summed E-state index contributed by atoms with van der Waals surface area (Å²) in [6.45, 7) is 1.82. The van der Waals surface area contributed by atoms with Crippen LogP contribution in [0.4, 0.5) is 10.2 Å². The number of carboxylic acids is 1. The van der Waals surface area contributed by atoms with Crippen LogP contribution >= 0.6 is 0 Å². The highest BCUT2D eigenvalue weighted by molar-refractivity contribution is 5.70. The predicted molar refractivity (Wildman–Crippen MR) is 63.8 cm³/mol. The van der Waals surface area contributed by atoms with Gasteiger partial charge < -0.3 is 10.4 Å². The van der Waals surface area contributed by atoms with Crippen LogP contribution in [0.1, 0.15) is 31.9 Å². The molecule has 2 rings (SSSR count). The molecule has 0 amide bonds. The Hall–Kier alpha value is -1.72. The lowest BCUT2D eigenvalue weighted by molar-refractivity contribution is -0.141. The molecule has 6 heteroatoms. The number of hydrogen-bond acceptors (Lipinski definition) is 4. The summed E-state index contributed by atoms with van der Waals surface area (Å²) in [6, 6.07) is -0.0276. The van der Waals surface area contributed by atoms with Crippen LogP contribution in [0.25, 0.3) is 0 Å². The number of rotatable bonds is 4. The quantitative estimate of drug-likeness (QED) is 0.856. The summed E-state index contributed by atoms with van der Waals surface area (Å²) < 4.78 is 13.9. The Bertz CT molecular complexity index is 453. The lowest BCUT2D eigenvalue weighted by Gasteiger charge is -2.14. The van der Waals surface area contributed by atoms with Crippen molar-refractivity contribution < 1.29 is 14.3 Å². The standard InChI is InChI=1S/C12H16FN3O2/c1-2-9-10(13)11(15-6-14-9)16-8-4-3-7(5-8)12(17)18/h6-8H,2-5H2,1H3,(H,17,18)(H,14,15,16). The largest absolute Gasteiger partial charge is 0.481 e. The highest BCUT2D eigenvalue weighted by atomic mass is 19.1. The Morgan fingerprint density at radius 1 is 1.56 bits per heavy atom. The summed E-state index contributed by atoms with van der Waals surface area (Å²) in [7, 11) is 0. The zero-order valence-electron chi connectivity index (χ0n) is 10.2. The van der Waals surface area contributed by atoms with E-state index in [4.69, 9.17) is 5.11 Å². The van der Waals surface area contributed by atoms with Gasteiger partial charge in [0, 0.05) is 6.04 Å². The fraction of sp³-hybridized carbons (Fsp3) is 0.583. The van der Waals surface area contributed by atoms with Crippen LogP contribution in [0.3, 0.4) is 0 Å². The maximum absolute atomic E-state index is 13.9. The van der Waals surface area contributed by atoms with Crippen LogP contribution in [-0.4, -0.2) is 27.1 Å². The molecule has 1 fully saturated rings. The summed E-state index contributed by atoms with van der Waals surface area (Å²) in [4.78, 5) is 18.6. The minimum Gasteiger partial charge on any atom is -0.481 e. The summed E-state index contributed by atoms with van der Waals surface area (Å²) in [5.41, 5.74) is 0.375. The Balaban J connectivity index is 2.05. The third-order valence-electron chi connectivity index (χ3n) is 3.32. The fourth-order valence-electron chi connectivity index (χ4n) is 2.28. The first-order valence-corrected chi connectivity index (χ1v) is 6.10. The molecule has 1 saturated carbocycles. The molecule has 0 aromatic carbocycles. The lowest BCUT2D eigenvalue weighted by Crippen LogP contribution is -2.20. The topological polar surface area (TPSA) is 75.1 Å². The van der Waals surface area contributed by atoms with Gasteiger partial charge in [0.05, 0.1) is 11.6 Å². The average molecular weight is 253 g/mol. The van der Waals surface area contributed by atoms with Crippen LogP contribution in [-0.2, 0) is 11.2 Å². The fourth-order valence-corrected chi connectivity index (χ4v) is 2.28. The van der Waals surface area contributed by atoms with E-state index in [0.717, 1.165) is 6.42 Å². The third kappa shape index (κ3) is 2.57. The summed E-state index contributed by atoms with van der Waals surface area (Å²) in [5.74, 6) is -1.37. The van der Waals surface area contributed by atoms with Crippen LogP contribution in [0.15, 0.2) is 6.33 Å². The van der Waals surface area contributed by atoms with Gasteiger partial charge in [-0.25, -0.2) is 14.4 Å². The molecule has 0 radical (unpaired) electrons. The Labute approximate surface area is 104 Å². The van der Waals surface area contributed by atoms with Crippen molar-refractivity contribution in [3.8, 4) is 0 Å². The Morgan fingerprint density at radius 3 is 2.94 bits per heavy atom. The molecule has 1 aliphatic carbocycles. The maximum atomic E-state index is 13.9. The van der Waals surface area contributed by atoms with E-state index in [1.165, 1.54) is 6.33 Å². The Morgan fingerprint density at radius 2 is 2.33 bits per heavy atom. The molecular weight excluding hydrogens is 237 g/mol. The molecule has 1 aliphatic rings. The average Bonchev–Trinajstić information content (AvgIpc) is 2.80. The van der Waals surface area contributed by atoms with E-state index in [-0.39, 0.29) is 17.8 Å².